The first kappa shape index (κ1) is 13.2. The van der Waals surface area contributed by atoms with Crippen molar-refractivity contribution < 1.29 is 9.90 Å². The SMILES string of the molecule is O=C1CSC(=NN=Cc2ccc(O)c(Cl)c2Cl)N1. The lowest BCUT2D eigenvalue weighted by molar-refractivity contribution is -0.116. The third-order valence-electron chi connectivity index (χ3n) is 2.02. The first-order chi connectivity index (χ1) is 8.58. The number of hydrogen-bond donors (Lipinski definition) is 2. The Kier molecular flexibility index (Phi) is 4.11. The summed E-state index contributed by atoms with van der Waals surface area (Å²) >= 11 is 12.9. The van der Waals surface area contributed by atoms with Crippen molar-refractivity contribution in [3.63, 3.8) is 0 Å². The van der Waals surface area contributed by atoms with E-state index < -0.39 is 0 Å². The molecular formula is C10H7Cl2N3O2S. The van der Waals surface area contributed by atoms with Gasteiger partial charge < -0.3 is 10.4 Å². The summed E-state index contributed by atoms with van der Waals surface area (Å²) in [4.78, 5) is 10.9. The van der Waals surface area contributed by atoms with E-state index in [-0.39, 0.29) is 21.7 Å². The number of nitrogens with zero attached hydrogens (tertiary/aromatic N) is 2. The number of amides is 1. The van der Waals surface area contributed by atoms with E-state index in [1.54, 1.807) is 6.07 Å². The largest absolute Gasteiger partial charge is 0.506 e. The fourth-order valence-corrected chi connectivity index (χ4v) is 2.19. The van der Waals surface area contributed by atoms with E-state index in [4.69, 9.17) is 23.2 Å². The molecule has 0 radical (unpaired) electrons. The van der Waals surface area contributed by atoms with E-state index in [0.717, 1.165) is 0 Å². The lowest BCUT2D eigenvalue weighted by Gasteiger charge is -2.01. The molecule has 0 saturated carbocycles. The second-order valence-corrected chi connectivity index (χ2v) is 5.01. The van der Waals surface area contributed by atoms with Gasteiger partial charge in [0.1, 0.15) is 10.8 Å². The summed E-state index contributed by atoms with van der Waals surface area (Å²) in [6.07, 6.45) is 1.39. The number of hydrogen-bond acceptors (Lipinski definition) is 5. The number of phenolic OH excluding ortho intramolecular Hbond substituents is 1. The number of nitrogens with one attached hydrogen (secondary N) is 1. The van der Waals surface area contributed by atoms with Crippen LogP contribution < -0.4 is 5.32 Å². The molecule has 2 rings (SSSR count). The number of benzene rings is 1. The average molecular weight is 304 g/mol. The molecular weight excluding hydrogens is 297 g/mol. The lowest BCUT2D eigenvalue weighted by Crippen LogP contribution is -2.19. The number of amidine groups is 1. The van der Waals surface area contributed by atoms with Crippen LogP contribution in [0.4, 0.5) is 0 Å². The summed E-state index contributed by atoms with van der Waals surface area (Å²) in [6.45, 7) is 0. The molecule has 0 atom stereocenters. The summed E-state index contributed by atoms with van der Waals surface area (Å²) in [5.74, 6) is 0.156. The van der Waals surface area contributed by atoms with Gasteiger partial charge in [0.25, 0.3) is 0 Å². The molecule has 18 heavy (non-hydrogen) atoms. The Morgan fingerprint density at radius 2 is 2.17 bits per heavy atom. The Hall–Kier alpha value is -1.24. The summed E-state index contributed by atoms with van der Waals surface area (Å²) in [6, 6.07) is 2.97. The molecule has 0 aliphatic carbocycles. The number of carbonyl (C=O) groups excluding carboxylic acids is 1. The van der Waals surface area contributed by atoms with Crippen molar-refractivity contribution in [2.24, 2.45) is 10.2 Å². The fraction of sp³-hybridized carbons (Fsp3) is 0.100. The van der Waals surface area contributed by atoms with Crippen LogP contribution in [0, 0.1) is 0 Å². The first-order valence-corrected chi connectivity index (χ1v) is 6.52. The monoisotopic (exact) mass is 303 g/mol. The van der Waals surface area contributed by atoms with Crippen molar-refractivity contribution in [3.05, 3.63) is 27.7 Å². The maximum atomic E-state index is 10.9. The predicted molar refractivity (Wildman–Crippen MR) is 73.8 cm³/mol. The standard InChI is InChI=1S/C10H7Cl2N3O2S/c11-8-5(1-2-6(16)9(8)12)3-13-15-10-14-7(17)4-18-10/h1-3,16H,4H2,(H,14,15,17). The molecule has 1 saturated heterocycles. The molecule has 1 aromatic rings. The molecule has 0 aromatic heterocycles. The highest BCUT2D eigenvalue weighted by Crippen LogP contribution is 2.32. The van der Waals surface area contributed by atoms with E-state index in [0.29, 0.717) is 16.5 Å². The van der Waals surface area contributed by atoms with Gasteiger partial charge in [0, 0.05) is 5.56 Å². The summed E-state index contributed by atoms with van der Waals surface area (Å²) in [5, 5.41) is 20.2. The smallest absolute Gasteiger partial charge is 0.236 e. The molecule has 0 spiro atoms. The molecule has 1 heterocycles. The summed E-state index contributed by atoms with van der Waals surface area (Å²) < 4.78 is 0. The van der Waals surface area contributed by atoms with E-state index in [1.165, 1.54) is 24.0 Å². The quantitative estimate of drug-likeness (QED) is 0.650. The third kappa shape index (κ3) is 2.95. The van der Waals surface area contributed by atoms with Crippen LogP contribution in [0.5, 0.6) is 5.75 Å². The van der Waals surface area contributed by atoms with Crippen molar-refractivity contribution in [1.82, 2.24) is 5.32 Å². The minimum atomic E-state index is -0.0975. The van der Waals surface area contributed by atoms with Crippen molar-refractivity contribution in [1.29, 1.82) is 0 Å². The molecule has 8 heteroatoms. The summed E-state index contributed by atoms with van der Waals surface area (Å²) in [7, 11) is 0. The lowest BCUT2D eigenvalue weighted by atomic mass is 10.2. The minimum absolute atomic E-state index is 0.0665. The van der Waals surface area contributed by atoms with Crippen LogP contribution in [0.2, 0.25) is 10.0 Å². The van der Waals surface area contributed by atoms with Gasteiger partial charge in [0.05, 0.1) is 17.0 Å². The molecule has 0 bridgehead atoms. The van der Waals surface area contributed by atoms with Crippen LogP contribution >= 0.6 is 35.0 Å². The van der Waals surface area contributed by atoms with Crippen LogP contribution in [0.25, 0.3) is 0 Å². The second-order valence-electron chi connectivity index (χ2n) is 3.29. The van der Waals surface area contributed by atoms with E-state index in [1.807, 2.05) is 0 Å². The van der Waals surface area contributed by atoms with Crippen molar-refractivity contribution in [2.45, 2.75) is 0 Å². The Labute approximate surface area is 117 Å². The zero-order valence-corrected chi connectivity index (χ0v) is 11.2. The second kappa shape index (κ2) is 5.60. The van der Waals surface area contributed by atoms with Crippen LogP contribution in [0.1, 0.15) is 5.56 Å². The van der Waals surface area contributed by atoms with Crippen LogP contribution in [-0.4, -0.2) is 28.1 Å². The van der Waals surface area contributed by atoms with Gasteiger partial charge in [-0.1, -0.05) is 35.0 Å². The van der Waals surface area contributed by atoms with Gasteiger partial charge in [0.2, 0.25) is 5.91 Å². The van der Waals surface area contributed by atoms with Gasteiger partial charge in [0.15, 0.2) is 5.17 Å². The number of aromatic hydroxyl groups is 1. The zero-order valence-electron chi connectivity index (χ0n) is 8.85. The van der Waals surface area contributed by atoms with Crippen molar-refractivity contribution >= 4 is 52.3 Å². The number of phenols is 1. The molecule has 5 nitrogen and oxygen atoms in total. The third-order valence-corrected chi connectivity index (χ3v) is 3.77. The Bertz CT molecular complexity index is 560. The van der Waals surface area contributed by atoms with Gasteiger partial charge in [-0.25, -0.2) is 0 Å². The van der Waals surface area contributed by atoms with Crippen LogP contribution in [0.15, 0.2) is 22.3 Å². The normalized spacial score (nSPS) is 17.7. The fourth-order valence-electron chi connectivity index (χ4n) is 1.18. The Morgan fingerprint density at radius 1 is 1.39 bits per heavy atom. The first-order valence-electron chi connectivity index (χ1n) is 4.78. The molecule has 1 aliphatic rings. The molecule has 94 valence electrons. The molecule has 1 aliphatic heterocycles. The van der Waals surface area contributed by atoms with E-state index >= 15 is 0 Å². The number of rotatable bonds is 2. The number of thioether (sulfide) groups is 1. The minimum Gasteiger partial charge on any atom is -0.506 e. The molecule has 1 amide bonds. The molecule has 0 unspecified atom stereocenters. The topological polar surface area (TPSA) is 74.0 Å². The summed E-state index contributed by atoms with van der Waals surface area (Å²) in [5.41, 5.74) is 0.526. The molecule has 1 fully saturated rings. The maximum absolute atomic E-state index is 10.9. The Morgan fingerprint density at radius 3 is 2.83 bits per heavy atom. The maximum Gasteiger partial charge on any atom is 0.236 e. The highest BCUT2D eigenvalue weighted by molar-refractivity contribution is 8.15. The highest BCUT2D eigenvalue weighted by atomic mass is 35.5. The molecule has 1 aromatic carbocycles. The van der Waals surface area contributed by atoms with Crippen LogP contribution in [-0.2, 0) is 4.79 Å². The predicted octanol–water partition coefficient (Wildman–Crippen LogP) is 2.25. The van der Waals surface area contributed by atoms with E-state index in [2.05, 4.69) is 15.5 Å². The van der Waals surface area contributed by atoms with Gasteiger partial charge in [-0.05, 0) is 12.1 Å². The van der Waals surface area contributed by atoms with Gasteiger partial charge in [-0.2, -0.15) is 5.10 Å². The van der Waals surface area contributed by atoms with Gasteiger partial charge in [-0.15, -0.1) is 5.10 Å². The van der Waals surface area contributed by atoms with Crippen molar-refractivity contribution in [3.8, 4) is 5.75 Å². The van der Waals surface area contributed by atoms with Gasteiger partial charge in [-0.3, -0.25) is 4.79 Å². The number of carbonyl (C=O) groups is 1. The molecule has 2 N–H and O–H groups in total. The highest BCUT2D eigenvalue weighted by Gasteiger charge is 2.16. The van der Waals surface area contributed by atoms with E-state index in [9.17, 15) is 9.90 Å². The average Bonchev–Trinajstić information content (AvgIpc) is 2.75. The zero-order chi connectivity index (χ0) is 13.1. The number of halogens is 2. The van der Waals surface area contributed by atoms with Crippen LogP contribution in [0.3, 0.4) is 0 Å². The van der Waals surface area contributed by atoms with Gasteiger partial charge >= 0.3 is 0 Å². The Balaban J connectivity index is 2.15. The van der Waals surface area contributed by atoms with Crippen molar-refractivity contribution in [2.75, 3.05) is 5.75 Å².